The molecule has 0 bridgehead atoms. The number of thiophene rings is 1. The molecule has 1 atom stereocenters. The van der Waals surface area contributed by atoms with Crippen LogP contribution < -0.4 is 10.2 Å². The van der Waals surface area contributed by atoms with Crippen molar-refractivity contribution in [1.82, 2.24) is 14.8 Å². The lowest BCUT2D eigenvalue weighted by molar-refractivity contribution is -0.137. The van der Waals surface area contributed by atoms with E-state index in [0.29, 0.717) is 29.0 Å². The zero-order valence-electron chi connectivity index (χ0n) is 21.0. The lowest BCUT2D eigenvalue weighted by Gasteiger charge is -2.40. The first-order valence-corrected chi connectivity index (χ1v) is 13.3. The molecule has 3 aromatic heterocycles. The number of aliphatic imine (C=N–C) groups is 2. The van der Waals surface area contributed by atoms with Gasteiger partial charge in [0.2, 0.25) is 0 Å². The van der Waals surface area contributed by atoms with Gasteiger partial charge in [-0.05, 0) is 60.8 Å². The molecule has 1 unspecified atom stereocenters. The summed E-state index contributed by atoms with van der Waals surface area (Å²) in [5.41, 5.74) is 2.74. The molecule has 0 saturated carbocycles. The van der Waals surface area contributed by atoms with E-state index in [1.165, 1.54) is 6.07 Å². The summed E-state index contributed by atoms with van der Waals surface area (Å²) in [6.07, 6.45) is -2.78. The number of para-hydroxylation sites is 2. The van der Waals surface area contributed by atoms with Crippen LogP contribution in [0.3, 0.4) is 0 Å². The van der Waals surface area contributed by atoms with E-state index in [4.69, 9.17) is 15.1 Å². The smallest absolute Gasteiger partial charge is 0.337 e. The molecule has 5 aromatic rings. The fourth-order valence-electron chi connectivity index (χ4n) is 5.06. The highest BCUT2D eigenvalue weighted by Crippen LogP contribution is 2.49. The fraction of sp³-hybridized carbons (Fsp3) is 0.103. The van der Waals surface area contributed by atoms with Gasteiger partial charge in [0, 0.05) is 22.3 Å². The van der Waals surface area contributed by atoms with Gasteiger partial charge < -0.3 is 10.2 Å². The van der Waals surface area contributed by atoms with Crippen LogP contribution in [-0.4, -0.2) is 26.4 Å². The molecule has 2 aromatic carbocycles. The third-order valence-electron chi connectivity index (χ3n) is 6.77. The Balaban J connectivity index is 1.46. The second-order valence-corrected chi connectivity index (χ2v) is 10.3. The molecule has 2 aliphatic rings. The van der Waals surface area contributed by atoms with Crippen LogP contribution in [0, 0.1) is 6.92 Å². The number of anilines is 2. The maximum atomic E-state index is 13.5. The third kappa shape index (κ3) is 3.97. The van der Waals surface area contributed by atoms with E-state index in [0.717, 1.165) is 34.0 Å². The number of pyridine rings is 1. The molecule has 0 aliphatic carbocycles. The zero-order chi connectivity index (χ0) is 27.4. The largest absolute Gasteiger partial charge is 0.416 e. The Morgan fingerprint density at radius 2 is 1.77 bits per heavy atom. The number of nitrogens with zero attached hydrogens (tertiary/aromatic N) is 6. The number of aryl methyl sites for hydroxylation is 1. The number of nitrogens with one attached hydrogen (secondary N) is 1. The monoisotopic (exact) mass is 555 g/mol. The summed E-state index contributed by atoms with van der Waals surface area (Å²) in [5, 5.41) is 9.97. The molecule has 7 nitrogen and oxygen atoms in total. The summed E-state index contributed by atoms with van der Waals surface area (Å²) in [6.45, 7) is 1.95. The van der Waals surface area contributed by atoms with E-state index in [2.05, 4.69) is 21.3 Å². The number of alkyl halides is 3. The van der Waals surface area contributed by atoms with Gasteiger partial charge in [-0.25, -0.2) is 15.0 Å². The molecular weight excluding hydrogens is 535 g/mol. The lowest BCUT2D eigenvalue weighted by Crippen LogP contribution is -2.46. The molecule has 11 heteroatoms. The molecular formula is C29H20F3N7S. The van der Waals surface area contributed by atoms with E-state index >= 15 is 0 Å². The average Bonchev–Trinajstić information content (AvgIpc) is 3.61. The number of hydrogen-bond donors (Lipinski definition) is 1. The minimum absolute atomic E-state index is 0.253. The first-order valence-electron chi connectivity index (χ1n) is 12.4. The van der Waals surface area contributed by atoms with E-state index in [-0.39, 0.29) is 11.7 Å². The highest BCUT2D eigenvalue weighted by Gasteiger charge is 2.42. The summed E-state index contributed by atoms with van der Waals surface area (Å²) in [7, 11) is 0. The summed E-state index contributed by atoms with van der Waals surface area (Å²) < 4.78 is 42.2. The predicted molar refractivity (Wildman–Crippen MR) is 150 cm³/mol. The molecule has 40 heavy (non-hydrogen) atoms. The molecule has 2 aliphatic heterocycles. The van der Waals surface area contributed by atoms with Gasteiger partial charge in [0.1, 0.15) is 6.04 Å². The van der Waals surface area contributed by atoms with Gasteiger partial charge >= 0.3 is 6.18 Å². The topological polar surface area (TPSA) is 70.7 Å². The number of aromatic nitrogens is 3. The Labute approximate surface area is 231 Å². The normalized spacial score (nSPS) is 16.0. The number of benzene rings is 2. The second-order valence-electron chi connectivity index (χ2n) is 9.30. The van der Waals surface area contributed by atoms with Gasteiger partial charge in [-0.1, -0.05) is 30.3 Å². The number of amidine groups is 2. The highest BCUT2D eigenvalue weighted by molar-refractivity contribution is 7.10. The SMILES string of the molecule is Cc1nn(-c2ccccn2)c2c1C(c1cccs1)N1C(=N2)C(Nc2cccc(C(F)(F)F)c2)=Nc2ccccc21. The summed E-state index contributed by atoms with van der Waals surface area (Å²) in [6, 6.07) is 22.1. The average molecular weight is 556 g/mol. The third-order valence-corrected chi connectivity index (χ3v) is 7.69. The number of halogens is 3. The van der Waals surface area contributed by atoms with Crippen LogP contribution in [0.25, 0.3) is 5.82 Å². The number of rotatable bonds is 3. The second kappa shape index (κ2) is 9.16. The van der Waals surface area contributed by atoms with Gasteiger partial charge in [0.25, 0.3) is 0 Å². The van der Waals surface area contributed by atoms with Gasteiger partial charge in [-0.3, -0.25) is 0 Å². The summed E-state index contributed by atoms with van der Waals surface area (Å²) >= 11 is 1.61. The van der Waals surface area contributed by atoms with Crippen molar-refractivity contribution in [3.05, 3.63) is 112 Å². The van der Waals surface area contributed by atoms with Crippen molar-refractivity contribution in [2.75, 3.05) is 10.2 Å². The molecule has 198 valence electrons. The van der Waals surface area contributed by atoms with E-state index in [1.807, 2.05) is 60.8 Å². The number of fused-ring (bicyclic) bond motifs is 4. The quantitative estimate of drug-likeness (QED) is 0.251. The molecule has 5 heterocycles. The van der Waals surface area contributed by atoms with Crippen LogP contribution in [0.5, 0.6) is 0 Å². The Kier molecular flexibility index (Phi) is 5.56. The van der Waals surface area contributed by atoms with Crippen molar-refractivity contribution >= 4 is 45.9 Å². The maximum Gasteiger partial charge on any atom is 0.416 e. The van der Waals surface area contributed by atoms with Gasteiger partial charge in [0.05, 0.1) is 22.6 Å². The van der Waals surface area contributed by atoms with Crippen LogP contribution in [0.2, 0.25) is 0 Å². The van der Waals surface area contributed by atoms with Crippen molar-refractivity contribution in [3.63, 3.8) is 0 Å². The first kappa shape index (κ1) is 24.3. The van der Waals surface area contributed by atoms with Crippen molar-refractivity contribution < 1.29 is 13.2 Å². The van der Waals surface area contributed by atoms with Gasteiger partial charge in [-0.15, -0.1) is 11.3 Å². The van der Waals surface area contributed by atoms with Gasteiger partial charge in [-0.2, -0.15) is 23.0 Å². The minimum Gasteiger partial charge on any atom is -0.337 e. The maximum absolute atomic E-state index is 13.5. The predicted octanol–water partition coefficient (Wildman–Crippen LogP) is 7.45. The van der Waals surface area contributed by atoms with Crippen LogP contribution in [-0.2, 0) is 6.18 Å². The van der Waals surface area contributed by atoms with Crippen LogP contribution in [0.1, 0.15) is 27.7 Å². The van der Waals surface area contributed by atoms with Crippen molar-refractivity contribution in [2.45, 2.75) is 19.1 Å². The van der Waals surface area contributed by atoms with E-state index in [9.17, 15) is 13.2 Å². The van der Waals surface area contributed by atoms with Crippen molar-refractivity contribution in [1.29, 1.82) is 0 Å². The molecule has 1 N–H and O–H groups in total. The van der Waals surface area contributed by atoms with Crippen LogP contribution in [0.15, 0.2) is 100 Å². The van der Waals surface area contributed by atoms with Crippen molar-refractivity contribution in [3.8, 4) is 5.82 Å². The number of hydrogen-bond acceptors (Lipinski definition) is 7. The Bertz CT molecular complexity index is 1790. The molecule has 0 saturated heterocycles. The molecule has 7 rings (SSSR count). The molecule has 0 radical (unpaired) electrons. The van der Waals surface area contributed by atoms with Crippen LogP contribution in [0.4, 0.5) is 36.1 Å². The van der Waals surface area contributed by atoms with Crippen molar-refractivity contribution in [2.24, 2.45) is 9.98 Å². The minimum atomic E-state index is -4.47. The van der Waals surface area contributed by atoms with Crippen LogP contribution >= 0.6 is 11.3 Å². The summed E-state index contributed by atoms with van der Waals surface area (Å²) in [4.78, 5) is 17.5. The zero-order valence-corrected chi connectivity index (χ0v) is 21.8. The van der Waals surface area contributed by atoms with E-state index in [1.54, 1.807) is 28.3 Å². The molecule has 0 fully saturated rings. The summed E-state index contributed by atoms with van der Waals surface area (Å²) in [5.74, 6) is 2.00. The fourth-order valence-corrected chi connectivity index (χ4v) is 5.89. The molecule has 0 amide bonds. The van der Waals surface area contributed by atoms with E-state index < -0.39 is 11.7 Å². The highest BCUT2D eigenvalue weighted by atomic mass is 32.1. The molecule has 0 spiro atoms. The standard InChI is InChI=1S/C29H20F3N7S/c1-17-24-25(22-12-7-15-40-22)38-21-11-3-2-10-20(21)35-26(34-19-9-6-8-18(16-19)29(30,31)32)28(38)36-27(24)39(37-17)23-13-4-5-14-33-23/h2-16,25H,1H3,(H,34,35). The lowest BCUT2D eigenvalue weighted by atomic mass is 9.98. The first-order chi connectivity index (χ1) is 19.4. The Morgan fingerprint density at radius 3 is 2.55 bits per heavy atom. The Hall–Kier alpha value is -4.77. The van der Waals surface area contributed by atoms with Gasteiger partial charge in [0.15, 0.2) is 23.3 Å². The Morgan fingerprint density at radius 1 is 0.925 bits per heavy atom.